The van der Waals surface area contributed by atoms with Gasteiger partial charge in [0.15, 0.2) is 0 Å². The highest BCUT2D eigenvalue weighted by Crippen LogP contribution is 2.24. The van der Waals surface area contributed by atoms with Gasteiger partial charge in [0, 0.05) is 17.6 Å². The number of benzene rings is 1. The maximum absolute atomic E-state index is 13.8. The summed E-state index contributed by atoms with van der Waals surface area (Å²) in [7, 11) is 0. The van der Waals surface area contributed by atoms with Crippen LogP contribution < -0.4 is 10.6 Å². The summed E-state index contributed by atoms with van der Waals surface area (Å²) < 4.78 is 14.4. The summed E-state index contributed by atoms with van der Waals surface area (Å²) in [5, 5.41) is 0. The van der Waals surface area contributed by atoms with Gasteiger partial charge in [-0.2, -0.15) is 0 Å². The number of carbonyl (C=O) groups excluding carboxylic acids is 3. The van der Waals surface area contributed by atoms with E-state index in [4.69, 9.17) is 5.73 Å². The Morgan fingerprint density at radius 1 is 1.30 bits per heavy atom. The molecule has 0 radical (unpaired) electrons. The van der Waals surface area contributed by atoms with Crippen LogP contribution in [-0.4, -0.2) is 42.3 Å². The van der Waals surface area contributed by atoms with Gasteiger partial charge in [-0.1, -0.05) is 15.9 Å². The minimum absolute atomic E-state index is 0.0327. The number of anilines is 1. The van der Waals surface area contributed by atoms with Gasteiger partial charge >= 0.3 is 11.8 Å². The molecule has 0 aromatic heterocycles. The highest BCUT2D eigenvalue weighted by atomic mass is 79.9. The molecule has 0 atom stereocenters. The van der Waals surface area contributed by atoms with Crippen molar-refractivity contribution in [1.82, 2.24) is 4.90 Å². The van der Waals surface area contributed by atoms with Crippen molar-refractivity contribution in [3.8, 4) is 0 Å². The van der Waals surface area contributed by atoms with Crippen molar-refractivity contribution in [1.29, 1.82) is 0 Å². The normalized spacial score (nSPS) is 15.7. The van der Waals surface area contributed by atoms with Crippen LogP contribution in [0.25, 0.3) is 0 Å². The average Bonchev–Trinajstić information content (AvgIpc) is 2.36. The second-order valence-electron chi connectivity index (χ2n) is 4.25. The van der Waals surface area contributed by atoms with E-state index in [0.717, 1.165) is 9.80 Å². The number of nitrogens with zero attached hydrogens (tertiary/aromatic N) is 2. The number of halogens is 2. The van der Waals surface area contributed by atoms with Crippen LogP contribution in [0.5, 0.6) is 0 Å². The van der Waals surface area contributed by atoms with Crippen molar-refractivity contribution in [2.24, 2.45) is 5.73 Å². The fourth-order valence-electron chi connectivity index (χ4n) is 1.94. The largest absolute Gasteiger partial charge is 0.368 e. The molecule has 106 valence electrons. The Bertz CT molecular complexity index is 593. The molecule has 8 heteroatoms. The molecule has 1 aromatic rings. The molecule has 1 fully saturated rings. The van der Waals surface area contributed by atoms with E-state index < -0.39 is 23.5 Å². The summed E-state index contributed by atoms with van der Waals surface area (Å²) in [6, 6.07) is 4.20. The highest BCUT2D eigenvalue weighted by Gasteiger charge is 2.34. The Labute approximate surface area is 122 Å². The van der Waals surface area contributed by atoms with E-state index in [0.29, 0.717) is 4.47 Å². The molecule has 1 aliphatic rings. The zero-order valence-electron chi connectivity index (χ0n) is 10.3. The molecule has 0 unspecified atom stereocenters. The van der Waals surface area contributed by atoms with Crippen LogP contribution in [0.15, 0.2) is 22.7 Å². The molecule has 0 bridgehead atoms. The number of hydrogen-bond acceptors (Lipinski definition) is 3. The van der Waals surface area contributed by atoms with Gasteiger partial charge in [-0.15, -0.1) is 0 Å². The van der Waals surface area contributed by atoms with Crippen LogP contribution in [-0.2, 0) is 14.4 Å². The summed E-state index contributed by atoms with van der Waals surface area (Å²) in [5.41, 5.74) is 5.03. The van der Waals surface area contributed by atoms with Crippen LogP contribution in [0, 0.1) is 5.82 Å². The lowest BCUT2D eigenvalue weighted by atomic mass is 10.2. The minimum atomic E-state index is -0.876. The SMILES string of the molecule is NC(=O)CN1CCN(c2ccc(Br)cc2F)C(=O)C1=O. The van der Waals surface area contributed by atoms with Gasteiger partial charge in [0.05, 0.1) is 12.2 Å². The van der Waals surface area contributed by atoms with E-state index in [1.807, 2.05) is 0 Å². The smallest absolute Gasteiger partial charge is 0.316 e. The minimum Gasteiger partial charge on any atom is -0.368 e. The predicted molar refractivity (Wildman–Crippen MR) is 72.2 cm³/mol. The van der Waals surface area contributed by atoms with Gasteiger partial charge in [0.1, 0.15) is 5.82 Å². The molecule has 1 saturated heterocycles. The van der Waals surface area contributed by atoms with E-state index in [-0.39, 0.29) is 25.3 Å². The first-order valence-corrected chi connectivity index (χ1v) is 6.53. The average molecular weight is 344 g/mol. The molecule has 1 aromatic carbocycles. The fourth-order valence-corrected chi connectivity index (χ4v) is 2.28. The molecule has 0 saturated carbocycles. The number of carbonyl (C=O) groups is 3. The quantitative estimate of drug-likeness (QED) is 0.798. The summed E-state index contributed by atoms with van der Waals surface area (Å²) in [5.74, 6) is -3.05. The predicted octanol–water partition coefficient (Wildman–Crippen LogP) is 0.249. The first kappa shape index (κ1) is 14.4. The second-order valence-corrected chi connectivity index (χ2v) is 5.16. The summed E-state index contributed by atoms with van der Waals surface area (Å²) >= 11 is 3.11. The number of hydrogen-bond donors (Lipinski definition) is 1. The van der Waals surface area contributed by atoms with Gasteiger partial charge < -0.3 is 10.6 Å². The zero-order valence-corrected chi connectivity index (χ0v) is 11.9. The van der Waals surface area contributed by atoms with Gasteiger partial charge in [-0.05, 0) is 18.2 Å². The Morgan fingerprint density at radius 2 is 2.00 bits per heavy atom. The number of amides is 3. The van der Waals surface area contributed by atoms with Gasteiger partial charge in [-0.3, -0.25) is 19.3 Å². The van der Waals surface area contributed by atoms with Crippen molar-refractivity contribution < 1.29 is 18.8 Å². The van der Waals surface area contributed by atoms with Crippen LogP contribution >= 0.6 is 15.9 Å². The van der Waals surface area contributed by atoms with E-state index in [2.05, 4.69) is 15.9 Å². The molecule has 1 heterocycles. The molecular weight excluding hydrogens is 333 g/mol. The molecule has 0 spiro atoms. The van der Waals surface area contributed by atoms with Gasteiger partial charge in [-0.25, -0.2) is 4.39 Å². The van der Waals surface area contributed by atoms with Crippen LogP contribution in [0.3, 0.4) is 0 Å². The van der Waals surface area contributed by atoms with Crippen molar-refractivity contribution in [2.45, 2.75) is 0 Å². The highest BCUT2D eigenvalue weighted by molar-refractivity contribution is 9.10. The zero-order chi connectivity index (χ0) is 14.9. The van der Waals surface area contributed by atoms with Crippen molar-refractivity contribution >= 4 is 39.3 Å². The maximum Gasteiger partial charge on any atom is 0.316 e. The monoisotopic (exact) mass is 343 g/mol. The third kappa shape index (κ3) is 2.79. The maximum atomic E-state index is 13.8. The first-order valence-electron chi connectivity index (χ1n) is 5.74. The third-order valence-electron chi connectivity index (χ3n) is 2.86. The topological polar surface area (TPSA) is 83.7 Å². The molecule has 3 amide bonds. The molecule has 2 N–H and O–H groups in total. The summed E-state index contributed by atoms with van der Waals surface area (Å²) in [6.07, 6.45) is 0. The molecule has 2 rings (SSSR count). The van der Waals surface area contributed by atoms with Gasteiger partial charge in [0.25, 0.3) is 0 Å². The molecule has 1 aliphatic heterocycles. The van der Waals surface area contributed by atoms with Crippen LogP contribution in [0.4, 0.5) is 10.1 Å². The lowest BCUT2D eigenvalue weighted by Crippen LogP contribution is -2.56. The number of primary amides is 1. The summed E-state index contributed by atoms with van der Waals surface area (Å²) in [6.45, 7) is -0.0827. The second kappa shape index (κ2) is 5.58. The molecule has 6 nitrogen and oxygen atoms in total. The fraction of sp³-hybridized carbons (Fsp3) is 0.250. The molecule has 0 aliphatic carbocycles. The lowest BCUT2D eigenvalue weighted by Gasteiger charge is -2.33. The number of piperazine rings is 1. The Kier molecular flexibility index (Phi) is 4.03. The van der Waals surface area contributed by atoms with Crippen LogP contribution in [0.1, 0.15) is 0 Å². The summed E-state index contributed by atoms with van der Waals surface area (Å²) in [4.78, 5) is 36.7. The standard InChI is InChI=1S/C12H11BrFN3O3/c13-7-1-2-9(8(14)5-7)17-4-3-16(6-10(15)18)11(19)12(17)20/h1-2,5H,3-4,6H2,(H2,15,18). The van der Waals surface area contributed by atoms with E-state index in [1.54, 1.807) is 6.07 Å². The van der Waals surface area contributed by atoms with E-state index in [9.17, 15) is 18.8 Å². The Balaban J connectivity index is 2.22. The Morgan fingerprint density at radius 3 is 2.60 bits per heavy atom. The van der Waals surface area contributed by atoms with Crippen molar-refractivity contribution in [3.05, 3.63) is 28.5 Å². The molecule has 20 heavy (non-hydrogen) atoms. The van der Waals surface area contributed by atoms with Gasteiger partial charge in [0.2, 0.25) is 5.91 Å². The number of nitrogens with two attached hydrogens (primary N) is 1. The van der Waals surface area contributed by atoms with E-state index in [1.165, 1.54) is 12.1 Å². The van der Waals surface area contributed by atoms with Crippen molar-refractivity contribution in [3.63, 3.8) is 0 Å². The third-order valence-corrected chi connectivity index (χ3v) is 3.35. The Hall–Kier alpha value is -1.96. The molecular formula is C12H11BrFN3O3. The first-order chi connectivity index (χ1) is 9.40. The number of rotatable bonds is 3. The lowest BCUT2D eigenvalue weighted by molar-refractivity contribution is -0.147. The van der Waals surface area contributed by atoms with Crippen LogP contribution in [0.2, 0.25) is 0 Å². The van der Waals surface area contributed by atoms with Crippen molar-refractivity contribution in [2.75, 3.05) is 24.5 Å². The van der Waals surface area contributed by atoms with E-state index >= 15 is 0 Å².